The van der Waals surface area contributed by atoms with Gasteiger partial charge in [0.05, 0.1) is 28.9 Å². The molecular weight excluding hydrogens is 505 g/mol. The molecule has 0 fully saturated rings. The highest BCUT2D eigenvalue weighted by molar-refractivity contribution is 7.94. The van der Waals surface area contributed by atoms with Crippen LogP contribution in [0.3, 0.4) is 0 Å². The van der Waals surface area contributed by atoms with Crippen molar-refractivity contribution in [3.8, 4) is 5.75 Å². The van der Waals surface area contributed by atoms with Crippen molar-refractivity contribution in [2.45, 2.75) is 24.1 Å². The quantitative estimate of drug-likeness (QED) is 0.328. The van der Waals surface area contributed by atoms with Crippen molar-refractivity contribution in [2.24, 2.45) is 0 Å². The Balaban J connectivity index is 0.00000103. The lowest BCUT2D eigenvalue weighted by molar-refractivity contribution is -0.122. The van der Waals surface area contributed by atoms with Crippen LogP contribution in [-0.2, 0) is 27.8 Å². The molecular formula is C22H21ClFN3O5S2. The highest BCUT2D eigenvalue weighted by atomic mass is 35.5. The van der Waals surface area contributed by atoms with Gasteiger partial charge in [0.25, 0.3) is 16.5 Å². The van der Waals surface area contributed by atoms with Gasteiger partial charge < -0.3 is 9.84 Å². The Labute approximate surface area is 204 Å². The van der Waals surface area contributed by atoms with Crippen molar-refractivity contribution in [2.75, 3.05) is 11.8 Å². The van der Waals surface area contributed by atoms with E-state index in [4.69, 9.17) is 26.2 Å². The van der Waals surface area contributed by atoms with E-state index in [2.05, 4.69) is 16.7 Å². The maximum atomic E-state index is 14.3. The van der Waals surface area contributed by atoms with E-state index in [1.54, 1.807) is 4.68 Å². The summed E-state index contributed by atoms with van der Waals surface area (Å²) >= 11 is 6.83. The molecule has 0 unspecified atom stereocenters. The van der Waals surface area contributed by atoms with E-state index < -0.39 is 15.8 Å². The molecule has 0 saturated carbocycles. The number of fused-ring (bicyclic) bond motifs is 1. The topological polar surface area (TPSA) is 111 Å². The Bertz CT molecular complexity index is 1420. The number of aromatic nitrogens is 2. The zero-order chi connectivity index (χ0) is 24.9. The van der Waals surface area contributed by atoms with Gasteiger partial charge in [0.1, 0.15) is 15.8 Å². The van der Waals surface area contributed by atoms with Crippen molar-refractivity contribution in [3.63, 3.8) is 0 Å². The van der Waals surface area contributed by atoms with Crippen LogP contribution in [0, 0.1) is 5.82 Å². The highest BCUT2D eigenvalue weighted by Gasteiger charge is 2.23. The number of methoxy groups -OCH3 is 1. The third-order valence-electron chi connectivity index (χ3n) is 4.78. The summed E-state index contributed by atoms with van der Waals surface area (Å²) in [5, 5.41) is 11.7. The lowest BCUT2D eigenvalue weighted by Gasteiger charge is -2.07. The van der Waals surface area contributed by atoms with E-state index in [9.17, 15) is 12.8 Å². The second-order valence-electron chi connectivity index (χ2n) is 6.95. The molecule has 2 N–H and O–H groups in total. The molecule has 2 aromatic carbocycles. The molecule has 2 heterocycles. The van der Waals surface area contributed by atoms with E-state index in [-0.39, 0.29) is 22.2 Å². The number of benzene rings is 2. The molecule has 12 heteroatoms. The molecule has 0 amide bonds. The maximum absolute atomic E-state index is 14.3. The van der Waals surface area contributed by atoms with Crippen LogP contribution in [-0.4, -0.2) is 36.9 Å². The van der Waals surface area contributed by atoms with Gasteiger partial charge in [-0.1, -0.05) is 42.8 Å². The molecule has 0 atom stereocenters. The van der Waals surface area contributed by atoms with Crippen molar-refractivity contribution in [3.05, 3.63) is 69.8 Å². The van der Waals surface area contributed by atoms with Crippen molar-refractivity contribution < 1.29 is 27.4 Å². The predicted molar refractivity (Wildman–Crippen MR) is 130 cm³/mol. The van der Waals surface area contributed by atoms with Gasteiger partial charge in [0, 0.05) is 12.1 Å². The number of thiophene rings is 1. The lowest BCUT2D eigenvalue weighted by Crippen LogP contribution is -2.12. The minimum atomic E-state index is -3.93. The second-order valence-corrected chi connectivity index (χ2v) is 10.6. The number of hydrogen-bond donors (Lipinski definition) is 2. The predicted octanol–water partition coefficient (Wildman–Crippen LogP) is 5.01. The number of aryl methyl sites for hydroxylation is 1. The first-order valence-electron chi connectivity index (χ1n) is 9.90. The summed E-state index contributed by atoms with van der Waals surface area (Å²) in [7, 11) is -2.53. The number of ether oxygens (including phenoxy) is 1. The summed E-state index contributed by atoms with van der Waals surface area (Å²) in [5.74, 6) is -0.263. The molecule has 4 rings (SSSR count). The molecule has 8 nitrogen and oxygen atoms in total. The summed E-state index contributed by atoms with van der Waals surface area (Å²) in [6.45, 7) is 2.15. The van der Waals surface area contributed by atoms with Crippen LogP contribution < -0.4 is 9.46 Å². The average molecular weight is 526 g/mol. The Morgan fingerprint density at radius 3 is 2.56 bits per heavy atom. The highest BCUT2D eigenvalue weighted by Crippen LogP contribution is 2.35. The smallest absolute Gasteiger partial charge is 0.290 e. The molecule has 0 spiro atoms. The van der Waals surface area contributed by atoms with Crippen LogP contribution >= 0.6 is 22.9 Å². The molecule has 0 bridgehead atoms. The molecule has 2 aromatic heterocycles. The summed E-state index contributed by atoms with van der Waals surface area (Å²) < 4.78 is 49.8. The SMILES string of the molecule is CCc1cccc(Cn2nc(NS(=O)(=O)c3ccc(Cl)s3)c3c(OC)cc(F)cc32)c1.O=CO. The first-order chi connectivity index (χ1) is 16.2. The standard InChI is InChI=1S/C21H19ClFN3O3S2.CH2O2/c1-3-13-5-4-6-14(9-13)12-26-16-10-15(23)11-17(29-2)20(16)21(24-26)25-31(27,28)19-8-7-18(22)30-19;2-1-3/h4-11H,3,12H2,1-2H3,(H,24,25);1H,(H,2,3). The van der Waals surface area contributed by atoms with Crippen LogP contribution in [0.2, 0.25) is 4.34 Å². The molecule has 4 aromatic rings. The van der Waals surface area contributed by atoms with E-state index in [1.807, 2.05) is 24.3 Å². The van der Waals surface area contributed by atoms with E-state index in [0.717, 1.165) is 28.9 Å². The van der Waals surface area contributed by atoms with Crippen molar-refractivity contribution in [1.82, 2.24) is 9.78 Å². The van der Waals surface area contributed by atoms with Gasteiger partial charge in [-0.15, -0.1) is 11.3 Å². The Morgan fingerprint density at radius 2 is 1.94 bits per heavy atom. The van der Waals surface area contributed by atoms with Crippen molar-refractivity contribution in [1.29, 1.82) is 0 Å². The number of rotatable bonds is 7. The zero-order valence-electron chi connectivity index (χ0n) is 18.2. The minimum Gasteiger partial charge on any atom is -0.496 e. The number of anilines is 1. The third-order valence-corrected chi connectivity index (χ3v) is 7.84. The lowest BCUT2D eigenvalue weighted by atomic mass is 10.1. The first kappa shape index (κ1) is 25.5. The molecule has 0 aliphatic rings. The zero-order valence-corrected chi connectivity index (χ0v) is 20.5. The first-order valence-corrected chi connectivity index (χ1v) is 12.6. The number of carbonyl (C=O) groups is 1. The number of sulfonamides is 1. The molecule has 0 aliphatic carbocycles. The second kappa shape index (κ2) is 10.9. The number of halogens is 2. The van der Waals surface area contributed by atoms with Gasteiger partial charge in [-0.05, 0) is 29.7 Å². The monoisotopic (exact) mass is 525 g/mol. The number of nitrogens with zero attached hydrogens (tertiary/aromatic N) is 2. The van der Waals surface area contributed by atoms with Crippen LogP contribution in [0.4, 0.5) is 10.2 Å². The molecule has 0 aliphatic heterocycles. The van der Waals surface area contributed by atoms with Crippen molar-refractivity contribution >= 4 is 56.2 Å². The van der Waals surface area contributed by atoms with E-state index >= 15 is 0 Å². The summed E-state index contributed by atoms with van der Waals surface area (Å²) in [6, 6.07) is 13.4. The van der Waals surface area contributed by atoms with Crippen LogP contribution in [0.5, 0.6) is 5.75 Å². The largest absolute Gasteiger partial charge is 0.496 e. The van der Waals surface area contributed by atoms with Crippen LogP contribution in [0.25, 0.3) is 10.9 Å². The fourth-order valence-electron chi connectivity index (χ4n) is 3.33. The van der Waals surface area contributed by atoms with Gasteiger partial charge >= 0.3 is 0 Å². The van der Waals surface area contributed by atoms with Gasteiger partial charge in [-0.3, -0.25) is 14.2 Å². The summed E-state index contributed by atoms with van der Waals surface area (Å²) in [5.41, 5.74) is 2.54. The summed E-state index contributed by atoms with van der Waals surface area (Å²) in [6.07, 6.45) is 0.880. The minimum absolute atomic E-state index is 0.0527. The molecule has 34 heavy (non-hydrogen) atoms. The Hall–Kier alpha value is -3.15. The fraction of sp³-hybridized carbons (Fsp3) is 0.182. The average Bonchev–Trinajstić information content (AvgIpc) is 3.38. The van der Waals surface area contributed by atoms with Gasteiger partial charge in [-0.2, -0.15) is 5.10 Å². The molecule has 0 saturated heterocycles. The van der Waals surface area contributed by atoms with Gasteiger partial charge in [0.2, 0.25) is 0 Å². The van der Waals surface area contributed by atoms with Gasteiger partial charge in [-0.25, -0.2) is 12.8 Å². The fourth-order valence-corrected chi connectivity index (χ4v) is 5.82. The maximum Gasteiger partial charge on any atom is 0.290 e. The number of hydrogen-bond acceptors (Lipinski definition) is 6. The van der Waals surface area contributed by atoms with Crippen LogP contribution in [0.1, 0.15) is 18.1 Å². The normalized spacial score (nSPS) is 11.1. The number of nitrogens with one attached hydrogen (secondary N) is 1. The molecule has 180 valence electrons. The molecule has 0 radical (unpaired) electrons. The third kappa shape index (κ3) is 5.66. The van der Waals surface area contributed by atoms with E-state index in [0.29, 0.717) is 21.8 Å². The Morgan fingerprint density at radius 1 is 1.24 bits per heavy atom. The summed E-state index contributed by atoms with van der Waals surface area (Å²) in [4.78, 5) is 8.36. The van der Waals surface area contributed by atoms with Crippen LogP contribution in [0.15, 0.2) is 52.7 Å². The van der Waals surface area contributed by atoms with Gasteiger partial charge in [0.15, 0.2) is 5.82 Å². The number of carboxylic acid groups (broad SMARTS) is 1. The Kier molecular flexibility index (Phi) is 8.13. The van der Waals surface area contributed by atoms with E-state index in [1.165, 1.54) is 31.4 Å².